The lowest BCUT2D eigenvalue weighted by Crippen LogP contribution is -2.03. The first kappa shape index (κ1) is 14.3. The molecular formula is C11H12Cl2N4OS. The molecule has 0 aliphatic heterocycles. The van der Waals surface area contributed by atoms with E-state index >= 15 is 0 Å². The van der Waals surface area contributed by atoms with Crippen molar-refractivity contribution in [2.24, 2.45) is 7.05 Å². The van der Waals surface area contributed by atoms with Gasteiger partial charge in [-0.1, -0.05) is 35.0 Å². The molecule has 0 aliphatic rings. The van der Waals surface area contributed by atoms with Gasteiger partial charge in [0.2, 0.25) is 5.95 Å². The largest absolute Gasteiger partial charge is 0.491 e. The van der Waals surface area contributed by atoms with Gasteiger partial charge in [-0.05, 0) is 18.2 Å². The maximum absolute atomic E-state index is 5.99. The summed E-state index contributed by atoms with van der Waals surface area (Å²) in [7, 11) is 1.81. The average Bonchev–Trinajstić information content (AvgIpc) is 2.68. The smallest absolute Gasteiger partial charge is 0.222 e. The summed E-state index contributed by atoms with van der Waals surface area (Å²) >= 11 is 13.3. The Kier molecular flexibility index (Phi) is 4.79. The molecule has 5 nitrogen and oxygen atoms in total. The third kappa shape index (κ3) is 3.68. The third-order valence-electron chi connectivity index (χ3n) is 2.33. The second-order valence-electron chi connectivity index (χ2n) is 3.67. The molecule has 1 heterocycles. The number of rotatable bonds is 5. The Morgan fingerprint density at radius 3 is 2.79 bits per heavy atom. The van der Waals surface area contributed by atoms with Crippen molar-refractivity contribution < 1.29 is 4.74 Å². The summed E-state index contributed by atoms with van der Waals surface area (Å²) in [4.78, 5) is 0. The van der Waals surface area contributed by atoms with Crippen LogP contribution in [0.15, 0.2) is 23.4 Å². The lowest BCUT2D eigenvalue weighted by Gasteiger charge is -2.07. The van der Waals surface area contributed by atoms with Crippen LogP contribution in [0, 0.1) is 0 Å². The molecule has 0 spiro atoms. The fourth-order valence-corrected chi connectivity index (χ4v) is 2.53. The van der Waals surface area contributed by atoms with Gasteiger partial charge in [0.05, 0.1) is 11.6 Å². The number of anilines is 1. The molecule has 0 radical (unpaired) electrons. The topological polar surface area (TPSA) is 66.0 Å². The molecule has 2 N–H and O–H groups in total. The van der Waals surface area contributed by atoms with Gasteiger partial charge in [0.1, 0.15) is 5.75 Å². The van der Waals surface area contributed by atoms with E-state index < -0.39 is 0 Å². The van der Waals surface area contributed by atoms with Gasteiger partial charge in [0.25, 0.3) is 0 Å². The predicted octanol–water partition coefficient (Wildman–Crippen LogP) is 2.88. The van der Waals surface area contributed by atoms with Crippen molar-refractivity contribution >= 4 is 40.9 Å². The Morgan fingerprint density at radius 1 is 1.37 bits per heavy atom. The van der Waals surface area contributed by atoms with Crippen molar-refractivity contribution in [2.75, 3.05) is 18.1 Å². The van der Waals surface area contributed by atoms with Gasteiger partial charge < -0.3 is 10.5 Å². The summed E-state index contributed by atoms with van der Waals surface area (Å²) < 4.78 is 7.28. The summed E-state index contributed by atoms with van der Waals surface area (Å²) in [5.41, 5.74) is 5.58. The molecule has 2 aromatic rings. The highest BCUT2D eigenvalue weighted by molar-refractivity contribution is 7.99. The monoisotopic (exact) mass is 318 g/mol. The van der Waals surface area contributed by atoms with Gasteiger partial charge in [-0.3, -0.25) is 4.57 Å². The van der Waals surface area contributed by atoms with Crippen molar-refractivity contribution in [1.29, 1.82) is 0 Å². The number of hydrogen-bond donors (Lipinski definition) is 1. The Hall–Kier alpha value is -1.11. The normalized spacial score (nSPS) is 10.7. The van der Waals surface area contributed by atoms with Crippen LogP contribution in [0.5, 0.6) is 5.75 Å². The van der Waals surface area contributed by atoms with Crippen molar-refractivity contribution in [1.82, 2.24) is 14.8 Å². The van der Waals surface area contributed by atoms with E-state index in [1.165, 1.54) is 11.8 Å². The van der Waals surface area contributed by atoms with E-state index in [4.69, 9.17) is 33.7 Å². The Labute approximate surface area is 125 Å². The first-order valence-electron chi connectivity index (χ1n) is 5.43. The summed E-state index contributed by atoms with van der Waals surface area (Å²) in [6.07, 6.45) is 0. The van der Waals surface area contributed by atoms with Crippen LogP contribution in [-0.4, -0.2) is 27.1 Å². The van der Waals surface area contributed by atoms with E-state index in [9.17, 15) is 0 Å². The minimum atomic E-state index is 0.393. The summed E-state index contributed by atoms with van der Waals surface area (Å²) in [5, 5.41) is 9.55. The van der Waals surface area contributed by atoms with Crippen molar-refractivity contribution in [3.8, 4) is 5.75 Å². The molecule has 0 unspecified atom stereocenters. The second kappa shape index (κ2) is 6.36. The van der Waals surface area contributed by atoms with Crippen LogP contribution in [0.25, 0.3) is 0 Å². The number of halogens is 2. The van der Waals surface area contributed by atoms with Crippen molar-refractivity contribution in [3.63, 3.8) is 0 Å². The molecule has 0 aliphatic carbocycles. The van der Waals surface area contributed by atoms with E-state index in [1.54, 1.807) is 22.8 Å². The lowest BCUT2D eigenvalue weighted by molar-refractivity contribution is 0.344. The molecule has 0 bridgehead atoms. The van der Waals surface area contributed by atoms with E-state index in [2.05, 4.69) is 10.2 Å². The quantitative estimate of drug-likeness (QED) is 0.678. The van der Waals surface area contributed by atoms with Gasteiger partial charge in [0.15, 0.2) is 5.16 Å². The van der Waals surface area contributed by atoms with Crippen LogP contribution in [-0.2, 0) is 7.05 Å². The van der Waals surface area contributed by atoms with E-state index in [0.29, 0.717) is 34.1 Å². The first-order chi connectivity index (χ1) is 9.08. The minimum absolute atomic E-state index is 0.393. The fourth-order valence-electron chi connectivity index (χ4n) is 1.33. The maximum atomic E-state index is 5.99. The van der Waals surface area contributed by atoms with Crippen LogP contribution in [0.3, 0.4) is 0 Å². The van der Waals surface area contributed by atoms with Gasteiger partial charge in [-0.2, -0.15) is 0 Å². The van der Waals surface area contributed by atoms with Crippen molar-refractivity contribution in [2.45, 2.75) is 5.16 Å². The molecule has 1 aromatic heterocycles. The Morgan fingerprint density at radius 2 is 2.16 bits per heavy atom. The standard InChI is InChI=1S/C11H12Cl2N4OS/c1-17-10(14)15-16-11(17)19-5-4-18-9-3-2-7(12)6-8(9)13/h2-3,6H,4-5H2,1H3,(H2,14,15). The van der Waals surface area contributed by atoms with Crippen LogP contribution in [0.1, 0.15) is 0 Å². The SMILES string of the molecule is Cn1c(N)nnc1SCCOc1ccc(Cl)cc1Cl. The third-order valence-corrected chi connectivity index (χ3v) is 3.85. The van der Waals surface area contributed by atoms with Gasteiger partial charge in [0, 0.05) is 17.8 Å². The summed E-state index contributed by atoms with van der Waals surface area (Å²) in [6.45, 7) is 0.499. The number of nitrogens with two attached hydrogens (primary N) is 1. The highest BCUT2D eigenvalue weighted by Crippen LogP contribution is 2.27. The zero-order chi connectivity index (χ0) is 13.8. The Bertz CT molecular complexity index is 576. The molecule has 0 amide bonds. The average molecular weight is 319 g/mol. The van der Waals surface area contributed by atoms with Gasteiger partial charge >= 0.3 is 0 Å². The zero-order valence-electron chi connectivity index (χ0n) is 10.1. The Balaban J connectivity index is 1.82. The highest BCUT2D eigenvalue weighted by Gasteiger charge is 2.06. The van der Waals surface area contributed by atoms with E-state index in [-0.39, 0.29) is 0 Å². The number of hydrogen-bond acceptors (Lipinski definition) is 5. The first-order valence-corrected chi connectivity index (χ1v) is 7.17. The molecule has 0 saturated heterocycles. The molecule has 1 aromatic carbocycles. The van der Waals surface area contributed by atoms with Crippen LogP contribution in [0.4, 0.5) is 5.95 Å². The maximum Gasteiger partial charge on any atom is 0.222 e. The molecule has 8 heteroatoms. The highest BCUT2D eigenvalue weighted by atomic mass is 35.5. The fraction of sp³-hybridized carbons (Fsp3) is 0.273. The number of ether oxygens (including phenoxy) is 1. The number of nitrogens with zero attached hydrogens (tertiary/aromatic N) is 3. The minimum Gasteiger partial charge on any atom is -0.491 e. The van der Waals surface area contributed by atoms with Crippen LogP contribution >= 0.6 is 35.0 Å². The second-order valence-corrected chi connectivity index (χ2v) is 5.58. The molecule has 0 atom stereocenters. The summed E-state index contributed by atoms with van der Waals surface area (Å²) in [5.74, 6) is 1.72. The van der Waals surface area contributed by atoms with Gasteiger partial charge in [-0.15, -0.1) is 10.2 Å². The number of thioether (sulfide) groups is 1. The van der Waals surface area contributed by atoms with Crippen molar-refractivity contribution in [3.05, 3.63) is 28.2 Å². The molecule has 0 fully saturated rings. The molecule has 2 rings (SSSR count). The molecule has 102 valence electrons. The van der Waals surface area contributed by atoms with E-state index in [1.807, 2.05) is 7.05 Å². The number of aromatic nitrogens is 3. The zero-order valence-corrected chi connectivity index (χ0v) is 12.5. The summed E-state index contributed by atoms with van der Waals surface area (Å²) in [6, 6.07) is 5.13. The molecular weight excluding hydrogens is 307 g/mol. The van der Waals surface area contributed by atoms with Gasteiger partial charge in [-0.25, -0.2) is 0 Å². The number of benzene rings is 1. The predicted molar refractivity (Wildman–Crippen MR) is 78.1 cm³/mol. The van der Waals surface area contributed by atoms with Crippen LogP contribution in [0.2, 0.25) is 10.0 Å². The molecule has 19 heavy (non-hydrogen) atoms. The number of nitrogen functional groups attached to an aromatic ring is 1. The molecule has 0 saturated carbocycles. The van der Waals surface area contributed by atoms with Crippen LogP contribution < -0.4 is 10.5 Å². The van der Waals surface area contributed by atoms with E-state index in [0.717, 1.165) is 5.16 Å². The lowest BCUT2D eigenvalue weighted by atomic mass is 10.3.